The molecule has 0 unspecified atom stereocenters. The highest BCUT2D eigenvalue weighted by Crippen LogP contribution is 2.29. The Balaban J connectivity index is 1.79. The topological polar surface area (TPSA) is 63.9 Å². The summed E-state index contributed by atoms with van der Waals surface area (Å²) < 4.78 is 13.3. The molecule has 0 saturated carbocycles. The second-order valence-corrected chi connectivity index (χ2v) is 6.11. The van der Waals surface area contributed by atoms with Gasteiger partial charge in [0.2, 0.25) is 0 Å². The molecule has 0 atom stereocenters. The Morgan fingerprint density at radius 1 is 0.857 bits per heavy atom. The van der Waals surface area contributed by atoms with Crippen LogP contribution in [0.3, 0.4) is 0 Å². The molecule has 0 spiro atoms. The molecule has 0 bridgehead atoms. The number of anilines is 1. The lowest BCUT2D eigenvalue weighted by atomic mass is 10.1. The Labute approximate surface area is 160 Å². The summed E-state index contributed by atoms with van der Waals surface area (Å²) in [7, 11) is 1.66. The van der Waals surface area contributed by atoms with E-state index in [-0.39, 0.29) is 5.82 Å². The van der Waals surface area contributed by atoms with Crippen LogP contribution in [0, 0.1) is 5.82 Å². The first-order chi connectivity index (χ1) is 13.6. The number of amides is 1. The number of hydrogen-bond donors (Lipinski definition) is 0. The fourth-order valence-electron chi connectivity index (χ4n) is 2.79. The summed E-state index contributed by atoms with van der Waals surface area (Å²) in [6, 6.07) is 18.3. The molecule has 0 aliphatic carbocycles. The molecule has 4 rings (SSSR count). The van der Waals surface area contributed by atoms with Crippen molar-refractivity contribution in [2.24, 2.45) is 0 Å². The molecule has 0 fully saturated rings. The van der Waals surface area contributed by atoms with Crippen molar-refractivity contribution < 1.29 is 9.18 Å². The summed E-state index contributed by atoms with van der Waals surface area (Å²) in [6.07, 6.45) is 3.28. The summed E-state index contributed by atoms with van der Waals surface area (Å²) in [5.41, 5.74) is 3.15. The first-order valence-electron chi connectivity index (χ1n) is 8.60. The quantitative estimate of drug-likeness (QED) is 0.539. The normalized spacial score (nSPS) is 10.6. The van der Waals surface area contributed by atoms with Gasteiger partial charge in [0.25, 0.3) is 0 Å². The maximum absolute atomic E-state index is 13.3. The number of halogens is 1. The third-order valence-corrected chi connectivity index (χ3v) is 4.29. The molecule has 1 amide bonds. The van der Waals surface area contributed by atoms with Gasteiger partial charge in [0.1, 0.15) is 17.2 Å². The van der Waals surface area contributed by atoms with Gasteiger partial charge >= 0.3 is 6.03 Å². The van der Waals surface area contributed by atoms with Gasteiger partial charge in [-0.2, -0.15) is 0 Å². The van der Waals surface area contributed by atoms with Gasteiger partial charge in [0.15, 0.2) is 0 Å². The molecular weight excluding hydrogens is 357 g/mol. The highest BCUT2D eigenvalue weighted by molar-refractivity contribution is 5.92. The third-order valence-electron chi connectivity index (χ3n) is 4.29. The Hall–Kier alpha value is -3.87. The highest BCUT2D eigenvalue weighted by atomic mass is 19.1. The number of carbonyl (C=O) groups excluding carboxylic acids is 1. The van der Waals surface area contributed by atoms with Crippen molar-refractivity contribution in [2.45, 2.75) is 0 Å². The molecule has 7 heteroatoms. The lowest BCUT2D eigenvalue weighted by molar-refractivity contribution is 0.243. The van der Waals surface area contributed by atoms with Crippen molar-refractivity contribution in [3.63, 3.8) is 0 Å². The van der Waals surface area contributed by atoms with Gasteiger partial charge in [-0.1, -0.05) is 23.0 Å². The van der Waals surface area contributed by atoms with Crippen molar-refractivity contribution in [2.75, 3.05) is 11.9 Å². The van der Waals surface area contributed by atoms with E-state index in [4.69, 9.17) is 0 Å². The van der Waals surface area contributed by atoms with Gasteiger partial charge in [0.05, 0.1) is 0 Å². The van der Waals surface area contributed by atoms with E-state index < -0.39 is 6.03 Å². The van der Waals surface area contributed by atoms with Gasteiger partial charge in [-0.3, -0.25) is 9.88 Å². The summed E-state index contributed by atoms with van der Waals surface area (Å²) in [5.74, 6) is -0.346. The van der Waals surface area contributed by atoms with E-state index in [9.17, 15) is 9.18 Å². The number of pyridine rings is 1. The van der Waals surface area contributed by atoms with Crippen LogP contribution in [0.1, 0.15) is 0 Å². The van der Waals surface area contributed by atoms with Crippen molar-refractivity contribution in [1.29, 1.82) is 0 Å². The first-order valence-corrected chi connectivity index (χ1v) is 8.60. The number of benzene rings is 2. The van der Waals surface area contributed by atoms with Crippen LogP contribution in [-0.4, -0.2) is 33.1 Å². The third kappa shape index (κ3) is 3.37. The highest BCUT2D eigenvalue weighted by Gasteiger charge is 2.21. The van der Waals surface area contributed by atoms with E-state index in [1.165, 1.54) is 17.0 Å². The second kappa shape index (κ2) is 7.40. The van der Waals surface area contributed by atoms with E-state index in [2.05, 4.69) is 15.2 Å². The van der Waals surface area contributed by atoms with Crippen LogP contribution < -0.4 is 4.90 Å². The van der Waals surface area contributed by atoms with Crippen molar-refractivity contribution in [1.82, 2.24) is 20.0 Å². The Morgan fingerprint density at radius 2 is 1.43 bits per heavy atom. The average molecular weight is 373 g/mol. The summed E-state index contributed by atoms with van der Waals surface area (Å²) in [4.78, 5) is 19.5. The van der Waals surface area contributed by atoms with Gasteiger partial charge in [0, 0.05) is 36.3 Å². The molecule has 0 aliphatic rings. The van der Waals surface area contributed by atoms with E-state index in [0.717, 1.165) is 16.0 Å². The Bertz CT molecular complexity index is 1090. The average Bonchev–Trinajstić information content (AvgIpc) is 3.20. The number of hydrogen-bond acceptors (Lipinski definition) is 4. The molecule has 2 heterocycles. The minimum atomic E-state index is -0.408. The largest absolute Gasteiger partial charge is 0.366 e. The lowest BCUT2D eigenvalue weighted by Gasteiger charge is -2.15. The van der Waals surface area contributed by atoms with Gasteiger partial charge in [-0.05, 0) is 48.5 Å². The molecule has 2 aromatic carbocycles. The predicted octanol–water partition coefficient (Wildman–Crippen LogP) is 4.25. The lowest BCUT2D eigenvalue weighted by Crippen LogP contribution is -2.32. The fraction of sp³-hybridized carbons (Fsp3) is 0.0476. The maximum Gasteiger partial charge on any atom is 0.366 e. The molecule has 4 aromatic rings. The maximum atomic E-state index is 13.3. The Kier molecular flexibility index (Phi) is 4.63. The summed E-state index contributed by atoms with van der Waals surface area (Å²) in [6.45, 7) is 0. The first kappa shape index (κ1) is 17.5. The van der Waals surface area contributed by atoms with Crippen LogP contribution in [0.15, 0.2) is 79.1 Å². The molecule has 2 aromatic heterocycles. The van der Waals surface area contributed by atoms with E-state index in [1.807, 2.05) is 30.3 Å². The second-order valence-electron chi connectivity index (χ2n) is 6.11. The van der Waals surface area contributed by atoms with Gasteiger partial charge < -0.3 is 0 Å². The van der Waals surface area contributed by atoms with Crippen molar-refractivity contribution in [3.05, 3.63) is 84.9 Å². The minimum absolute atomic E-state index is 0.346. The fourth-order valence-corrected chi connectivity index (χ4v) is 2.79. The molecule has 6 nitrogen and oxygen atoms in total. The van der Waals surface area contributed by atoms with E-state index >= 15 is 0 Å². The zero-order chi connectivity index (χ0) is 19.5. The summed E-state index contributed by atoms with van der Waals surface area (Å²) >= 11 is 0. The monoisotopic (exact) mass is 373 g/mol. The summed E-state index contributed by atoms with van der Waals surface area (Å²) in [5, 5.41) is 8.82. The van der Waals surface area contributed by atoms with Crippen LogP contribution in [0.25, 0.3) is 22.5 Å². The standard InChI is InChI=1S/C21H16FN5O/c1-26(18-5-3-2-4-6-18)21(28)27-24-19(15-7-9-17(22)10-8-15)20(25-27)16-11-13-23-14-12-16/h2-14H,1H3. The van der Waals surface area contributed by atoms with Gasteiger partial charge in [-0.25, -0.2) is 9.18 Å². The van der Waals surface area contributed by atoms with E-state index in [0.29, 0.717) is 17.0 Å². The van der Waals surface area contributed by atoms with Crippen LogP contribution in [0.4, 0.5) is 14.9 Å². The van der Waals surface area contributed by atoms with Crippen molar-refractivity contribution >= 4 is 11.7 Å². The van der Waals surface area contributed by atoms with Gasteiger partial charge in [-0.15, -0.1) is 10.2 Å². The van der Waals surface area contributed by atoms with Crippen LogP contribution in [0.2, 0.25) is 0 Å². The predicted molar refractivity (Wildman–Crippen MR) is 104 cm³/mol. The zero-order valence-electron chi connectivity index (χ0n) is 15.0. The number of aromatic nitrogens is 4. The number of para-hydroxylation sites is 1. The van der Waals surface area contributed by atoms with Crippen LogP contribution >= 0.6 is 0 Å². The van der Waals surface area contributed by atoms with E-state index in [1.54, 1.807) is 43.7 Å². The zero-order valence-corrected chi connectivity index (χ0v) is 15.0. The molecule has 0 N–H and O–H groups in total. The van der Waals surface area contributed by atoms with Crippen LogP contribution in [0.5, 0.6) is 0 Å². The molecular formula is C21H16FN5O. The molecule has 0 radical (unpaired) electrons. The molecule has 28 heavy (non-hydrogen) atoms. The number of rotatable bonds is 3. The molecule has 0 saturated heterocycles. The molecule has 0 aliphatic heterocycles. The molecule has 138 valence electrons. The number of carbonyl (C=O) groups is 1. The SMILES string of the molecule is CN(C(=O)n1nc(-c2ccncc2)c(-c2ccc(F)cc2)n1)c1ccccc1. The van der Waals surface area contributed by atoms with Crippen molar-refractivity contribution in [3.8, 4) is 22.5 Å². The smallest absolute Gasteiger partial charge is 0.294 e. The Morgan fingerprint density at radius 3 is 2.04 bits per heavy atom. The van der Waals surface area contributed by atoms with Crippen LogP contribution in [-0.2, 0) is 0 Å². The minimum Gasteiger partial charge on any atom is -0.294 e. The number of nitrogens with zero attached hydrogens (tertiary/aromatic N) is 5.